The fourth-order valence-corrected chi connectivity index (χ4v) is 3.79. The van der Waals surface area contributed by atoms with E-state index in [-0.39, 0.29) is 12.1 Å². The number of carbonyl (C=O) groups is 1. The van der Waals surface area contributed by atoms with Crippen molar-refractivity contribution in [1.29, 1.82) is 0 Å². The molecular weight excluding hydrogens is 393 g/mol. The molecule has 2 aromatic rings. The van der Waals surface area contributed by atoms with Crippen LogP contribution in [0.2, 0.25) is 0 Å². The van der Waals surface area contributed by atoms with Crippen LogP contribution >= 0.6 is 0 Å². The van der Waals surface area contributed by atoms with Gasteiger partial charge in [0.1, 0.15) is 11.8 Å². The van der Waals surface area contributed by atoms with Gasteiger partial charge in [0.25, 0.3) is 0 Å². The normalized spacial score (nSPS) is 17.9. The van der Waals surface area contributed by atoms with Gasteiger partial charge < -0.3 is 4.74 Å². The van der Waals surface area contributed by atoms with E-state index in [9.17, 15) is 18.0 Å². The van der Waals surface area contributed by atoms with Crippen molar-refractivity contribution in [2.75, 3.05) is 13.2 Å². The molecule has 0 aromatic heterocycles. The Hall–Kier alpha value is -2.28. The molecule has 1 heterocycles. The number of hydrogen-bond acceptors (Lipinski definition) is 3. The molecule has 3 rings (SSSR count). The molecule has 0 radical (unpaired) electrons. The van der Waals surface area contributed by atoms with E-state index in [2.05, 4.69) is 12.3 Å². The Balaban J connectivity index is 1.91. The molecule has 4 nitrogen and oxygen atoms in total. The first-order chi connectivity index (χ1) is 14.1. The van der Waals surface area contributed by atoms with Crippen LogP contribution in [0.4, 0.5) is 13.2 Å². The second-order valence-corrected chi connectivity index (χ2v) is 8.54. The number of nitrogens with one attached hydrogen (secondary N) is 1. The lowest BCUT2D eigenvalue weighted by Crippen LogP contribution is -2.43. The van der Waals surface area contributed by atoms with Crippen LogP contribution in [0.25, 0.3) is 10.8 Å². The third-order valence-electron chi connectivity index (χ3n) is 5.48. The summed E-state index contributed by atoms with van der Waals surface area (Å²) in [6.07, 6.45) is -0.317. The highest BCUT2D eigenvalue weighted by Crippen LogP contribution is 2.42. The highest BCUT2D eigenvalue weighted by Gasteiger charge is 2.51. The summed E-state index contributed by atoms with van der Waals surface area (Å²) in [5.41, 5.74) is 1.61. The zero-order valence-corrected chi connectivity index (χ0v) is 17.7. The number of alkyl halides is 3. The van der Waals surface area contributed by atoms with Gasteiger partial charge in [0.05, 0.1) is 12.0 Å². The van der Waals surface area contributed by atoms with Crippen molar-refractivity contribution >= 4 is 16.7 Å². The average Bonchev–Trinajstić information content (AvgIpc) is 2.92. The fraction of sp³-hybridized carbons (Fsp3) is 0.522. The number of carbonyl (C=O) groups excluding carboxylic acids is 1. The minimum Gasteiger partial charge on any atom is -0.493 e. The molecule has 1 aliphatic rings. The highest BCUT2D eigenvalue weighted by atomic mass is 19.4. The number of amides is 1. The molecule has 0 spiro atoms. The number of ether oxygens (including phenoxy) is 1. The molecule has 1 N–H and O–H groups in total. The molecule has 1 fully saturated rings. The van der Waals surface area contributed by atoms with Gasteiger partial charge in [0.2, 0.25) is 5.91 Å². The number of unbranched alkanes of at least 4 members (excludes halogenated alkanes) is 3. The van der Waals surface area contributed by atoms with Crippen molar-refractivity contribution in [2.45, 2.75) is 58.7 Å². The number of nitrogens with zero attached hydrogens (tertiary/aromatic N) is 1. The monoisotopic (exact) mass is 422 g/mol. The number of fused-ring (bicyclic) bond motifs is 1. The van der Waals surface area contributed by atoms with Crippen molar-refractivity contribution < 1.29 is 22.7 Å². The SMILES string of the molecule is CCCCCCOc1cccc2ccc(C(N3CC(C)(C)C(=O)N3)C(F)(F)F)cc12. The minimum absolute atomic E-state index is 0.0242. The summed E-state index contributed by atoms with van der Waals surface area (Å²) in [6, 6.07) is 8.24. The van der Waals surface area contributed by atoms with Crippen LogP contribution in [0.3, 0.4) is 0 Å². The summed E-state index contributed by atoms with van der Waals surface area (Å²) in [7, 11) is 0. The molecule has 1 unspecified atom stereocenters. The Bertz CT molecular complexity index is 896. The third kappa shape index (κ3) is 4.89. The molecule has 1 atom stereocenters. The average molecular weight is 422 g/mol. The first-order valence-corrected chi connectivity index (χ1v) is 10.4. The quantitative estimate of drug-likeness (QED) is 0.549. The Labute approximate surface area is 175 Å². The lowest BCUT2D eigenvalue weighted by molar-refractivity contribution is -0.191. The van der Waals surface area contributed by atoms with Crippen molar-refractivity contribution in [2.24, 2.45) is 5.41 Å². The van der Waals surface area contributed by atoms with E-state index in [0.717, 1.165) is 36.1 Å². The molecule has 7 heteroatoms. The van der Waals surface area contributed by atoms with Crippen molar-refractivity contribution in [1.82, 2.24) is 10.4 Å². The van der Waals surface area contributed by atoms with Gasteiger partial charge in [0.15, 0.2) is 0 Å². The molecular formula is C23H29F3N2O2. The predicted molar refractivity (Wildman–Crippen MR) is 111 cm³/mol. The molecule has 1 amide bonds. The summed E-state index contributed by atoms with van der Waals surface area (Å²) in [5.74, 6) is 0.172. The van der Waals surface area contributed by atoms with Crippen LogP contribution in [0.1, 0.15) is 58.1 Å². The predicted octanol–water partition coefficient (Wildman–Crippen LogP) is 5.78. The zero-order valence-electron chi connectivity index (χ0n) is 17.7. The van der Waals surface area contributed by atoms with E-state index in [1.54, 1.807) is 26.0 Å². The van der Waals surface area contributed by atoms with Crippen LogP contribution in [0.5, 0.6) is 5.75 Å². The third-order valence-corrected chi connectivity index (χ3v) is 5.48. The second-order valence-electron chi connectivity index (χ2n) is 8.54. The van der Waals surface area contributed by atoms with Crippen molar-refractivity contribution in [3.63, 3.8) is 0 Å². The molecule has 1 saturated heterocycles. The first-order valence-electron chi connectivity index (χ1n) is 10.4. The van der Waals surface area contributed by atoms with Crippen molar-refractivity contribution in [3.8, 4) is 5.75 Å². The van der Waals surface area contributed by atoms with Gasteiger partial charge in [-0.3, -0.25) is 10.2 Å². The number of hydrogen-bond donors (Lipinski definition) is 1. The van der Waals surface area contributed by atoms with Crippen molar-refractivity contribution in [3.05, 3.63) is 42.0 Å². The Morgan fingerprint density at radius 2 is 1.93 bits per heavy atom. The van der Waals surface area contributed by atoms with E-state index in [1.165, 1.54) is 12.1 Å². The van der Waals surface area contributed by atoms with Gasteiger partial charge in [-0.15, -0.1) is 0 Å². The number of rotatable bonds is 8. The van der Waals surface area contributed by atoms with Crippen LogP contribution < -0.4 is 10.2 Å². The lowest BCUT2D eigenvalue weighted by Gasteiger charge is -2.30. The van der Waals surface area contributed by atoms with Gasteiger partial charge in [-0.1, -0.05) is 50.5 Å². The molecule has 2 aromatic carbocycles. The molecule has 30 heavy (non-hydrogen) atoms. The van der Waals surface area contributed by atoms with E-state index in [4.69, 9.17) is 4.74 Å². The van der Waals surface area contributed by atoms with Crippen LogP contribution in [-0.2, 0) is 4.79 Å². The summed E-state index contributed by atoms with van der Waals surface area (Å²) in [5, 5.41) is 2.46. The van der Waals surface area contributed by atoms with E-state index in [0.29, 0.717) is 17.7 Å². The van der Waals surface area contributed by atoms with E-state index < -0.39 is 23.5 Å². The molecule has 0 aliphatic carbocycles. The highest BCUT2D eigenvalue weighted by molar-refractivity contribution is 5.89. The molecule has 0 bridgehead atoms. The zero-order chi connectivity index (χ0) is 21.9. The number of halogens is 3. The second kappa shape index (κ2) is 8.84. The van der Waals surface area contributed by atoms with Gasteiger partial charge >= 0.3 is 6.18 Å². The van der Waals surface area contributed by atoms with Crippen LogP contribution in [-0.4, -0.2) is 30.2 Å². The molecule has 0 saturated carbocycles. The van der Waals surface area contributed by atoms with Crippen LogP contribution in [0.15, 0.2) is 36.4 Å². The molecule has 1 aliphatic heterocycles. The molecule has 164 valence electrons. The van der Waals surface area contributed by atoms with Crippen LogP contribution in [0, 0.1) is 5.41 Å². The summed E-state index contributed by atoms with van der Waals surface area (Å²) in [4.78, 5) is 12.1. The van der Waals surface area contributed by atoms with Gasteiger partial charge in [0, 0.05) is 11.9 Å². The summed E-state index contributed by atoms with van der Waals surface area (Å²) < 4.78 is 48.0. The maximum absolute atomic E-state index is 14.0. The fourth-order valence-electron chi connectivity index (χ4n) is 3.79. The summed E-state index contributed by atoms with van der Waals surface area (Å²) >= 11 is 0. The Kier molecular flexibility index (Phi) is 6.60. The van der Waals surface area contributed by atoms with E-state index >= 15 is 0 Å². The Morgan fingerprint density at radius 3 is 2.57 bits per heavy atom. The number of benzene rings is 2. The van der Waals surface area contributed by atoms with E-state index in [1.807, 2.05) is 12.1 Å². The standard InChI is InChI=1S/C23H29F3N2O2/c1-4-5-6-7-13-30-19-10-8-9-16-11-12-17(14-18(16)19)20(23(24,25)26)28-15-22(2,3)21(29)27-28/h8-12,14,20H,4-7,13,15H2,1-3H3,(H,27,29). The summed E-state index contributed by atoms with van der Waals surface area (Å²) in [6.45, 7) is 5.92. The van der Waals surface area contributed by atoms with Gasteiger partial charge in [-0.2, -0.15) is 13.2 Å². The topological polar surface area (TPSA) is 41.6 Å². The lowest BCUT2D eigenvalue weighted by atomic mass is 9.93. The van der Waals surface area contributed by atoms with Gasteiger partial charge in [-0.05, 0) is 43.4 Å². The smallest absolute Gasteiger partial charge is 0.409 e. The number of hydrazine groups is 1. The largest absolute Gasteiger partial charge is 0.493 e. The maximum Gasteiger partial charge on any atom is 0.409 e. The Morgan fingerprint density at radius 1 is 1.17 bits per heavy atom. The minimum atomic E-state index is -4.54. The first kappa shape index (κ1) is 22.4. The maximum atomic E-state index is 14.0. The van der Waals surface area contributed by atoms with Gasteiger partial charge in [-0.25, -0.2) is 5.01 Å².